The molecular formula is C10H18N6O2. The first kappa shape index (κ1) is 12.8. The summed E-state index contributed by atoms with van der Waals surface area (Å²) in [6.07, 6.45) is 0.511. The number of piperidine rings is 1. The number of rotatable bonds is 3. The molecule has 18 heavy (non-hydrogen) atoms. The highest BCUT2D eigenvalue weighted by Gasteiger charge is 2.26. The smallest absolute Gasteiger partial charge is 0.322 e. The van der Waals surface area contributed by atoms with E-state index in [2.05, 4.69) is 20.4 Å². The Morgan fingerprint density at radius 2 is 2.22 bits per heavy atom. The van der Waals surface area contributed by atoms with Gasteiger partial charge in [0, 0.05) is 13.1 Å². The van der Waals surface area contributed by atoms with E-state index in [1.54, 1.807) is 0 Å². The van der Waals surface area contributed by atoms with Gasteiger partial charge in [-0.15, -0.1) is 0 Å². The molecule has 0 spiro atoms. The summed E-state index contributed by atoms with van der Waals surface area (Å²) >= 11 is 0. The van der Waals surface area contributed by atoms with E-state index < -0.39 is 0 Å². The molecule has 8 heteroatoms. The molecule has 8 nitrogen and oxygen atoms in total. The van der Waals surface area contributed by atoms with Gasteiger partial charge in [0.05, 0.1) is 13.2 Å². The van der Waals surface area contributed by atoms with Crippen molar-refractivity contribution in [2.24, 2.45) is 11.8 Å². The Morgan fingerprint density at radius 1 is 1.44 bits per heavy atom. The van der Waals surface area contributed by atoms with Crippen molar-refractivity contribution in [2.75, 3.05) is 30.5 Å². The molecular weight excluding hydrogens is 236 g/mol. The molecule has 4 N–H and O–H groups in total. The van der Waals surface area contributed by atoms with E-state index in [-0.39, 0.29) is 24.0 Å². The molecule has 2 unspecified atom stereocenters. The highest BCUT2D eigenvalue weighted by Crippen LogP contribution is 2.22. The number of anilines is 2. The van der Waals surface area contributed by atoms with Crippen LogP contribution in [0.1, 0.15) is 13.3 Å². The van der Waals surface area contributed by atoms with E-state index in [0.717, 1.165) is 13.0 Å². The molecule has 0 amide bonds. The van der Waals surface area contributed by atoms with E-state index in [4.69, 9.17) is 10.6 Å². The molecule has 0 aliphatic carbocycles. The Hall–Kier alpha value is -1.67. The number of nitrogens with one attached hydrogen (secondary N) is 1. The van der Waals surface area contributed by atoms with Crippen LogP contribution in [0.4, 0.5) is 11.9 Å². The summed E-state index contributed by atoms with van der Waals surface area (Å²) in [6.45, 7) is 3.32. The third-order valence-corrected chi connectivity index (χ3v) is 3.12. The first-order valence-electron chi connectivity index (χ1n) is 5.83. The molecule has 100 valence electrons. The summed E-state index contributed by atoms with van der Waals surface area (Å²) in [6, 6.07) is 0.195. The summed E-state index contributed by atoms with van der Waals surface area (Å²) in [4.78, 5) is 14.1. The van der Waals surface area contributed by atoms with Crippen LogP contribution < -0.4 is 20.9 Å². The number of nitrogens with two attached hydrogens (primary N) is 1. The number of nitrogen functional groups attached to an aromatic ring is 1. The van der Waals surface area contributed by atoms with Crippen molar-refractivity contribution < 1.29 is 9.84 Å². The Labute approximate surface area is 105 Å². The maximum atomic E-state index is 9.88. The fourth-order valence-corrected chi connectivity index (χ4v) is 1.87. The number of nitrogens with zero attached hydrogens (tertiary/aromatic N) is 4. The van der Waals surface area contributed by atoms with E-state index >= 15 is 0 Å². The number of aliphatic hydroxyl groups excluding tert-OH is 1. The highest BCUT2D eigenvalue weighted by molar-refractivity contribution is 5.38. The lowest BCUT2D eigenvalue weighted by Gasteiger charge is -2.34. The molecule has 1 fully saturated rings. The molecule has 0 aromatic carbocycles. The van der Waals surface area contributed by atoms with Gasteiger partial charge in [-0.2, -0.15) is 15.0 Å². The SMILES string of the molecule is COc1nc(NN)nc(N2CCC(C)C(O)C2)n1. The fraction of sp³-hybridized carbons (Fsp3) is 0.700. The topological polar surface area (TPSA) is 109 Å². The number of β-amino-alcohol motifs (C(OH)–C–C–N with tert-alkyl or cyclic N) is 1. The normalized spacial score (nSPS) is 23.9. The van der Waals surface area contributed by atoms with Gasteiger partial charge in [0.1, 0.15) is 0 Å². The minimum absolute atomic E-state index is 0.195. The predicted molar refractivity (Wildman–Crippen MR) is 66.2 cm³/mol. The Kier molecular flexibility index (Phi) is 3.78. The number of hydrazine groups is 1. The molecule has 0 saturated carbocycles. The summed E-state index contributed by atoms with van der Waals surface area (Å²) in [5, 5.41) is 9.88. The van der Waals surface area contributed by atoms with Gasteiger partial charge < -0.3 is 14.7 Å². The number of hydrogen-bond donors (Lipinski definition) is 3. The molecule has 2 atom stereocenters. The molecule has 0 radical (unpaired) electrons. The summed E-state index contributed by atoms with van der Waals surface area (Å²) < 4.78 is 4.99. The predicted octanol–water partition coefficient (Wildman–Crippen LogP) is -0.627. The first-order valence-corrected chi connectivity index (χ1v) is 5.83. The molecule has 2 heterocycles. The van der Waals surface area contributed by atoms with Crippen molar-refractivity contribution >= 4 is 11.9 Å². The molecule has 2 rings (SSSR count). The Morgan fingerprint density at radius 3 is 2.83 bits per heavy atom. The third kappa shape index (κ3) is 2.59. The number of ether oxygens (including phenoxy) is 1. The van der Waals surface area contributed by atoms with E-state index in [0.29, 0.717) is 12.5 Å². The maximum absolute atomic E-state index is 9.88. The van der Waals surface area contributed by atoms with Crippen LogP contribution in [-0.4, -0.2) is 46.4 Å². The van der Waals surface area contributed by atoms with Crippen LogP contribution in [0.3, 0.4) is 0 Å². The van der Waals surface area contributed by atoms with Gasteiger partial charge in [-0.1, -0.05) is 6.92 Å². The fourth-order valence-electron chi connectivity index (χ4n) is 1.87. The second kappa shape index (κ2) is 5.32. The number of methoxy groups -OCH3 is 1. The zero-order valence-corrected chi connectivity index (χ0v) is 10.5. The first-order chi connectivity index (χ1) is 8.63. The average molecular weight is 254 g/mol. The average Bonchev–Trinajstić information content (AvgIpc) is 2.41. The Bertz CT molecular complexity index is 393. The van der Waals surface area contributed by atoms with E-state index in [1.807, 2.05) is 11.8 Å². The third-order valence-electron chi connectivity index (χ3n) is 3.12. The Balaban J connectivity index is 2.22. The van der Waals surface area contributed by atoms with Crippen LogP contribution in [0.2, 0.25) is 0 Å². The van der Waals surface area contributed by atoms with Crippen molar-refractivity contribution in [1.82, 2.24) is 15.0 Å². The van der Waals surface area contributed by atoms with Crippen molar-refractivity contribution in [1.29, 1.82) is 0 Å². The monoisotopic (exact) mass is 254 g/mol. The highest BCUT2D eigenvalue weighted by atomic mass is 16.5. The lowest BCUT2D eigenvalue weighted by molar-refractivity contribution is 0.102. The lowest BCUT2D eigenvalue weighted by atomic mass is 9.96. The number of aromatic nitrogens is 3. The van der Waals surface area contributed by atoms with Crippen molar-refractivity contribution in [3.05, 3.63) is 0 Å². The number of hydrogen-bond acceptors (Lipinski definition) is 8. The summed E-state index contributed by atoms with van der Waals surface area (Å²) in [7, 11) is 1.48. The maximum Gasteiger partial charge on any atom is 0.322 e. The van der Waals surface area contributed by atoms with Crippen LogP contribution >= 0.6 is 0 Å². The zero-order valence-electron chi connectivity index (χ0n) is 10.5. The second-order valence-corrected chi connectivity index (χ2v) is 4.37. The summed E-state index contributed by atoms with van der Waals surface area (Å²) in [5.41, 5.74) is 2.37. The van der Waals surface area contributed by atoms with Gasteiger partial charge in [0.2, 0.25) is 11.9 Å². The molecule has 1 aliphatic heterocycles. The van der Waals surface area contributed by atoms with Crippen LogP contribution in [-0.2, 0) is 0 Å². The minimum atomic E-state index is -0.379. The van der Waals surface area contributed by atoms with Crippen molar-refractivity contribution in [3.63, 3.8) is 0 Å². The van der Waals surface area contributed by atoms with Gasteiger partial charge in [0.15, 0.2) is 0 Å². The molecule has 1 aromatic heterocycles. The second-order valence-electron chi connectivity index (χ2n) is 4.37. The largest absolute Gasteiger partial charge is 0.467 e. The molecule has 1 saturated heterocycles. The molecule has 0 bridgehead atoms. The van der Waals surface area contributed by atoms with Gasteiger partial charge >= 0.3 is 6.01 Å². The zero-order chi connectivity index (χ0) is 13.1. The van der Waals surface area contributed by atoms with Gasteiger partial charge in [0.25, 0.3) is 0 Å². The van der Waals surface area contributed by atoms with Crippen LogP contribution in [0.5, 0.6) is 6.01 Å². The molecule has 1 aromatic rings. The quantitative estimate of drug-likeness (QED) is 0.483. The minimum Gasteiger partial charge on any atom is -0.467 e. The van der Waals surface area contributed by atoms with Crippen molar-refractivity contribution in [2.45, 2.75) is 19.4 Å². The van der Waals surface area contributed by atoms with E-state index in [1.165, 1.54) is 7.11 Å². The lowest BCUT2D eigenvalue weighted by Crippen LogP contribution is -2.43. The van der Waals surface area contributed by atoms with Gasteiger partial charge in [-0.05, 0) is 12.3 Å². The molecule has 1 aliphatic rings. The summed E-state index contributed by atoms with van der Waals surface area (Å²) in [5.74, 6) is 6.28. The van der Waals surface area contributed by atoms with Crippen LogP contribution in [0, 0.1) is 5.92 Å². The van der Waals surface area contributed by atoms with Crippen molar-refractivity contribution in [3.8, 4) is 6.01 Å². The van der Waals surface area contributed by atoms with Gasteiger partial charge in [-0.3, -0.25) is 5.43 Å². The van der Waals surface area contributed by atoms with Crippen LogP contribution in [0.15, 0.2) is 0 Å². The standard InChI is InChI=1S/C10H18N6O2/c1-6-3-4-16(5-7(6)17)9-12-8(15-11)13-10(14-9)18-2/h6-7,17H,3-5,11H2,1-2H3,(H,12,13,14,15). The van der Waals surface area contributed by atoms with Gasteiger partial charge in [-0.25, -0.2) is 5.84 Å². The van der Waals surface area contributed by atoms with Crippen LogP contribution in [0.25, 0.3) is 0 Å². The van der Waals surface area contributed by atoms with E-state index in [9.17, 15) is 5.11 Å². The number of aliphatic hydroxyl groups is 1.